The molecule has 2 aromatic carbocycles. The maximum atomic E-state index is 12.0. The van der Waals surface area contributed by atoms with Gasteiger partial charge in [0, 0.05) is 29.4 Å². The molecule has 0 saturated heterocycles. The first-order valence-corrected chi connectivity index (χ1v) is 9.30. The van der Waals surface area contributed by atoms with Gasteiger partial charge in [0.1, 0.15) is 6.61 Å². The first-order chi connectivity index (χ1) is 13.2. The summed E-state index contributed by atoms with van der Waals surface area (Å²) in [7, 11) is 0. The third kappa shape index (κ3) is 8.22. The Labute approximate surface area is 169 Å². The lowest BCUT2D eigenvalue weighted by molar-refractivity contribution is -0.176. The van der Waals surface area contributed by atoms with Gasteiger partial charge in [-0.1, -0.05) is 52.3 Å². The van der Waals surface area contributed by atoms with E-state index in [1.165, 1.54) is 0 Å². The summed E-state index contributed by atoms with van der Waals surface area (Å²) < 4.78 is 41.6. The van der Waals surface area contributed by atoms with Crippen molar-refractivity contribution in [1.29, 1.82) is 0 Å². The largest absolute Gasteiger partial charge is 0.411 e. The topological polar surface area (TPSA) is 55.4 Å². The zero-order chi connectivity index (χ0) is 20.6. The molecule has 0 bridgehead atoms. The molecule has 0 aliphatic rings. The molecule has 0 spiro atoms. The van der Waals surface area contributed by atoms with E-state index < -0.39 is 12.8 Å². The van der Waals surface area contributed by atoms with E-state index in [0.29, 0.717) is 11.1 Å². The smallest absolute Gasteiger partial charge is 0.367 e. The van der Waals surface area contributed by atoms with Gasteiger partial charge >= 0.3 is 6.18 Å². The summed E-state index contributed by atoms with van der Waals surface area (Å²) in [6.07, 6.45) is -4.15. The lowest BCUT2D eigenvalue weighted by Gasteiger charge is -2.09. The van der Waals surface area contributed by atoms with Gasteiger partial charge in [-0.25, -0.2) is 0 Å². The Bertz CT molecular complexity index is 790. The van der Waals surface area contributed by atoms with Crippen LogP contribution in [0.2, 0.25) is 0 Å². The fourth-order valence-electron chi connectivity index (χ4n) is 2.33. The number of rotatable bonds is 9. The van der Waals surface area contributed by atoms with Crippen molar-refractivity contribution in [3.05, 3.63) is 69.7 Å². The van der Waals surface area contributed by atoms with Gasteiger partial charge < -0.3 is 10.1 Å². The summed E-state index contributed by atoms with van der Waals surface area (Å²) in [4.78, 5) is 24.0. The van der Waals surface area contributed by atoms with Gasteiger partial charge in [-0.2, -0.15) is 13.2 Å². The van der Waals surface area contributed by atoms with Crippen LogP contribution in [0.3, 0.4) is 0 Å². The van der Waals surface area contributed by atoms with Crippen LogP contribution in [0.25, 0.3) is 0 Å². The van der Waals surface area contributed by atoms with Crippen LogP contribution in [0.1, 0.15) is 34.3 Å². The summed E-state index contributed by atoms with van der Waals surface area (Å²) in [6, 6.07) is 13.6. The first kappa shape index (κ1) is 22.1. The number of hydrogen-bond acceptors (Lipinski definition) is 3. The number of benzene rings is 2. The molecule has 8 heteroatoms. The van der Waals surface area contributed by atoms with Crippen molar-refractivity contribution in [2.24, 2.45) is 0 Å². The van der Waals surface area contributed by atoms with Crippen LogP contribution < -0.4 is 5.32 Å². The van der Waals surface area contributed by atoms with Gasteiger partial charge in [-0.15, -0.1) is 0 Å². The normalized spacial score (nSPS) is 11.3. The molecule has 2 aromatic rings. The van der Waals surface area contributed by atoms with Crippen molar-refractivity contribution in [1.82, 2.24) is 5.32 Å². The minimum absolute atomic E-state index is 0.0816. The lowest BCUT2D eigenvalue weighted by atomic mass is 10.1. The number of carbonyl (C=O) groups excluding carboxylic acids is 2. The molecule has 4 nitrogen and oxygen atoms in total. The average Bonchev–Trinajstić information content (AvgIpc) is 2.65. The molecular weight excluding hydrogens is 439 g/mol. The molecule has 0 heterocycles. The molecule has 1 N–H and O–H groups in total. The van der Waals surface area contributed by atoms with E-state index in [-0.39, 0.29) is 37.7 Å². The summed E-state index contributed by atoms with van der Waals surface area (Å²) in [5.41, 5.74) is 1.96. The quantitative estimate of drug-likeness (QED) is 0.549. The van der Waals surface area contributed by atoms with Gasteiger partial charge in [0.2, 0.25) is 5.91 Å². The SMILES string of the molecule is O=C(CCC(=O)c1ccc(Br)cc1)NCc1ccc(COCC(F)(F)F)cc1. The van der Waals surface area contributed by atoms with E-state index >= 15 is 0 Å². The van der Waals surface area contributed by atoms with E-state index in [9.17, 15) is 22.8 Å². The predicted octanol–water partition coefficient (Wildman–Crippen LogP) is 4.81. The number of nitrogens with one attached hydrogen (secondary N) is 1. The van der Waals surface area contributed by atoms with Crippen molar-refractivity contribution >= 4 is 27.6 Å². The van der Waals surface area contributed by atoms with Crippen molar-refractivity contribution in [2.75, 3.05) is 6.61 Å². The number of hydrogen-bond donors (Lipinski definition) is 1. The van der Waals surface area contributed by atoms with Crippen molar-refractivity contribution in [3.8, 4) is 0 Å². The molecule has 1 amide bonds. The minimum atomic E-state index is -4.34. The number of Topliss-reactive ketones (excluding diaryl/α,β-unsaturated/α-hetero) is 1. The molecule has 0 fully saturated rings. The number of alkyl halides is 3. The summed E-state index contributed by atoms with van der Waals surface area (Å²) in [5, 5.41) is 2.72. The van der Waals surface area contributed by atoms with Crippen LogP contribution >= 0.6 is 15.9 Å². The summed E-state index contributed by atoms with van der Waals surface area (Å²) >= 11 is 3.30. The Balaban J connectivity index is 1.70. The zero-order valence-corrected chi connectivity index (χ0v) is 16.5. The number of amides is 1. The molecular formula is C20H19BrF3NO3. The van der Waals surface area contributed by atoms with Crippen molar-refractivity contribution < 1.29 is 27.5 Å². The van der Waals surface area contributed by atoms with E-state index in [4.69, 9.17) is 0 Å². The zero-order valence-electron chi connectivity index (χ0n) is 14.9. The molecule has 0 aliphatic heterocycles. The number of halogens is 4. The Hall–Kier alpha value is -2.19. The Morgan fingerprint density at radius 2 is 1.54 bits per heavy atom. The van der Waals surface area contributed by atoms with Crippen LogP contribution in [0.4, 0.5) is 13.2 Å². The predicted molar refractivity (Wildman–Crippen MR) is 102 cm³/mol. The van der Waals surface area contributed by atoms with Crippen LogP contribution in [0, 0.1) is 0 Å². The fourth-order valence-corrected chi connectivity index (χ4v) is 2.60. The number of carbonyl (C=O) groups is 2. The van der Waals surface area contributed by atoms with Crippen molar-refractivity contribution in [2.45, 2.75) is 32.2 Å². The van der Waals surface area contributed by atoms with Crippen LogP contribution in [-0.4, -0.2) is 24.5 Å². The monoisotopic (exact) mass is 457 g/mol. The molecule has 28 heavy (non-hydrogen) atoms. The first-order valence-electron chi connectivity index (χ1n) is 8.51. The fraction of sp³-hybridized carbons (Fsp3) is 0.300. The second-order valence-electron chi connectivity index (χ2n) is 6.13. The lowest BCUT2D eigenvalue weighted by Crippen LogP contribution is -2.23. The maximum absolute atomic E-state index is 12.0. The molecule has 0 unspecified atom stereocenters. The third-order valence-electron chi connectivity index (χ3n) is 3.79. The third-order valence-corrected chi connectivity index (χ3v) is 4.32. The Morgan fingerprint density at radius 1 is 0.929 bits per heavy atom. The average molecular weight is 458 g/mol. The highest BCUT2D eigenvalue weighted by Gasteiger charge is 2.27. The molecule has 150 valence electrons. The van der Waals surface area contributed by atoms with Gasteiger partial charge in [0.25, 0.3) is 0 Å². The second kappa shape index (κ2) is 10.4. The molecule has 2 rings (SSSR count). The maximum Gasteiger partial charge on any atom is 0.411 e. The van der Waals surface area contributed by atoms with E-state index in [1.807, 2.05) is 0 Å². The number of ketones is 1. The molecule has 0 radical (unpaired) electrons. The Kier molecular flexibility index (Phi) is 8.19. The second-order valence-corrected chi connectivity index (χ2v) is 7.05. The van der Waals surface area contributed by atoms with Crippen LogP contribution in [-0.2, 0) is 22.7 Å². The van der Waals surface area contributed by atoms with Gasteiger partial charge in [-0.05, 0) is 23.3 Å². The number of ether oxygens (including phenoxy) is 1. The van der Waals surface area contributed by atoms with Gasteiger partial charge in [-0.3, -0.25) is 9.59 Å². The Morgan fingerprint density at radius 3 is 2.14 bits per heavy atom. The molecule has 0 aromatic heterocycles. The van der Waals surface area contributed by atoms with E-state index in [1.54, 1.807) is 48.5 Å². The van der Waals surface area contributed by atoms with Crippen molar-refractivity contribution in [3.63, 3.8) is 0 Å². The van der Waals surface area contributed by atoms with Crippen LogP contribution in [0.15, 0.2) is 53.0 Å². The minimum Gasteiger partial charge on any atom is -0.367 e. The molecule has 0 aliphatic carbocycles. The highest BCUT2D eigenvalue weighted by atomic mass is 79.9. The van der Waals surface area contributed by atoms with E-state index in [0.717, 1.165) is 10.0 Å². The van der Waals surface area contributed by atoms with E-state index in [2.05, 4.69) is 26.0 Å². The summed E-state index contributed by atoms with van der Waals surface area (Å²) in [6.45, 7) is -1.15. The highest BCUT2D eigenvalue weighted by Crippen LogP contribution is 2.16. The standard InChI is InChI=1S/C20H19BrF3NO3/c21-17-7-5-16(6-8-17)18(26)9-10-19(27)25-11-14-1-3-15(4-2-14)12-28-13-20(22,23)24/h1-8H,9-13H2,(H,25,27). The highest BCUT2D eigenvalue weighted by molar-refractivity contribution is 9.10. The molecule has 0 saturated carbocycles. The molecule has 0 atom stereocenters. The van der Waals surface area contributed by atoms with Gasteiger partial charge in [0.15, 0.2) is 5.78 Å². The van der Waals surface area contributed by atoms with Gasteiger partial charge in [0.05, 0.1) is 6.61 Å². The van der Waals surface area contributed by atoms with Crippen LogP contribution in [0.5, 0.6) is 0 Å². The summed E-state index contributed by atoms with van der Waals surface area (Å²) in [5.74, 6) is -0.353.